The number of likely N-dealkylation sites (N-methyl/N-ethyl adjacent to an activating group) is 1. The number of nitriles is 1. The molecule has 1 aromatic carbocycles. The van der Waals surface area contributed by atoms with Crippen LogP contribution in [-0.2, 0) is 17.5 Å². The molecule has 0 bridgehead atoms. The van der Waals surface area contributed by atoms with Crippen molar-refractivity contribution in [1.82, 2.24) is 39.7 Å². The monoisotopic (exact) mass is 588 g/mol. The maximum Gasteiger partial charge on any atom is 0.435 e. The Kier molecular flexibility index (Phi) is 8.74. The lowest BCUT2D eigenvalue weighted by atomic mass is 10.2. The van der Waals surface area contributed by atoms with Crippen molar-refractivity contribution in [3.05, 3.63) is 59.3 Å². The Morgan fingerprint density at radius 2 is 1.98 bits per heavy atom. The fourth-order valence-electron chi connectivity index (χ4n) is 3.83. The van der Waals surface area contributed by atoms with Crippen molar-refractivity contribution in [1.29, 1.82) is 5.26 Å². The lowest BCUT2D eigenvalue weighted by Crippen LogP contribution is -2.39. The Bertz CT molecular complexity index is 1620. The summed E-state index contributed by atoms with van der Waals surface area (Å²) in [7, 11) is 3.75. The highest BCUT2D eigenvalue weighted by Gasteiger charge is 2.38. The smallest absolute Gasteiger partial charge is 0.353 e. The molecule has 16 heteroatoms. The van der Waals surface area contributed by atoms with Gasteiger partial charge in [0.2, 0.25) is 5.91 Å². The van der Waals surface area contributed by atoms with Crippen LogP contribution in [0.25, 0.3) is 16.9 Å². The van der Waals surface area contributed by atoms with Crippen LogP contribution in [0.15, 0.2) is 43.0 Å². The Labute approximate surface area is 236 Å². The number of alkyl halides is 3. The number of carbonyl (C=O) groups excluding carboxylic acids is 2. The third kappa shape index (κ3) is 6.91. The van der Waals surface area contributed by atoms with Crippen molar-refractivity contribution >= 4 is 40.6 Å². The average Bonchev–Trinajstić information content (AvgIpc) is 3.52. The van der Waals surface area contributed by atoms with Crippen molar-refractivity contribution in [2.75, 3.05) is 39.0 Å². The van der Waals surface area contributed by atoms with E-state index in [2.05, 4.69) is 31.0 Å². The Hall–Kier alpha value is -4.68. The van der Waals surface area contributed by atoms with E-state index < -0.39 is 17.8 Å². The standard InChI is InChI=1S/C25H24ClF3N10O2/c1-37(2)9-6-31-20(40)13-34-24(41)16-4-3-15(11-18(16)26)35-22-23-33-12-19(39(23)10-7-32-22)17-14-38(8-5-30)36-21(17)25(27,28)29/h3-4,7,10-12,14H,6,8-9,13H2,1-2H3,(H,31,40)(H,32,35)(H,34,41). The minimum atomic E-state index is -4.75. The number of amides is 2. The van der Waals surface area contributed by atoms with Crippen LogP contribution in [0.4, 0.5) is 24.7 Å². The Balaban J connectivity index is 1.52. The van der Waals surface area contributed by atoms with E-state index in [0.29, 0.717) is 18.8 Å². The predicted molar refractivity (Wildman–Crippen MR) is 143 cm³/mol. The summed E-state index contributed by atoms with van der Waals surface area (Å²) in [5, 5.41) is 20.7. The number of aromatic nitrogens is 5. The Morgan fingerprint density at radius 3 is 2.66 bits per heavy atom. The first-order valence-corrected chi connectivity index (χ1v) is 12.5. The average molecular weight is 589 g/mol. The van der Waals surface area contributed by atoms with Crippen LogP contribution < -0.4 is 16.0 Å². The van der Waals surface area contributed by atoms with E-state index in [4.69, 9.17) is 16.9 Å². The molecule has 0 spiro atoms. The third-order valence-electron chi connectivity index (χ3n) is 5.73. The topological polar surface area (TPSA) is 145 Å². The summed E-state index contributed by atoms with van der Waals surface area (Å²) in [6.07, 6.45) is 0.458. The van der Waals surface area contributed by atoms with E-state index in [1.165, 1.54) is 35.1 Å². The Morgan fingerprint density at radius 1 is 1.20 bits per heavy atom. The quantitative estimate of drug-likeness (QED) is 0.256. The number of fused-ring (bicyclic) bond motifs is 1. The van der Waals surface area contributed by atoms with Crippen LogP contribution in [-0.4, -0.2) is 74.6 Å². The van der Waals surface area contributed by atoms with Crippen LogP contribution in [0, 0.1) is 11.3 Å². The largest absolute Gasteiger partial charge is 0.435 e. The van der Waals surface area contributed by atoms with Crippen LogP contribution in [0.5, 0.6) is 0 Å². The molecule has 4 aromatic rings. The normalized spacial score (nSPS) is 11.5. The summed E-state index contributed by atoms with van der Waals surface area (Å²) in [4.78, 5) is 34.9. The number of anilines is 2. The van der Waals surface area contributed by atoms with Gasteiger partial charge in [-0.2, -0.15) is 23.5 Å². The molecule has 3 aromatic heterocycles. The molecule has 0 unspecified atom stereocenters. The van der Waals surface area contributed by atoms with Crippen LogP contribution in [0.2, 0.25) is 5.02 Å². The fourth-order valence-corrected chi connectivity index (χ4v) is 4.10. The second-order valence-corrected chi connectivity index (χ2v) is 9.42. The molecule has 0 radical (unpaired) electrons. The highest BCUT2D eigenvalue weighted by atomic mass is 35.5. The zero-order valence-electron chi connectivity index (χ0n) is 21.8. The summed E-state index contributed by atoms with van der Waals surface area (Å²) in [6.45, 7) is 0.523. The van der Waals surface area contributed by atoms with Gasteiger partial charge in [0.15, 0.2) is 17.2 Å². The van der Waals surface area contributed by atoms with Gasteiger partial charge in [-0.05, 0) is 32.3 Å². The summed E-state index contributed by atoms with van der Waals surface area (Å²) in [5.41, 5.74) is -0.521. The zero-order valence-corrected chi connectivity index (χ0v) is 22.6. The van der Waals surface area contributed by atoms with Gasteiger partial charge in [0, 0.05) is 37.4 Å². The number of nitrogens with one attached hydrogen (secondary N) is 3. The summed E-state index contributed by atoms with van der Waals surface area (Å²) in [5.74, 6) is -0.674. The number of rotatable bonds is 10. The molecule has 41 heavy (non-hydrogen) atoms. The van der Waals surface area contributed by atoms with Gasteiger partial charge < -0.3 is 20.9 Å². The molecule has 4 rings (SSSR count). The molecule has 2 amide bonds. The molecule has 0 fully saturated rings. The first-order chi connectivity index (χ1) is 19.5. The highest BCUT2D eigenvalue weighted by molar-refractivity contribution is 6.34. The van der Waals surface area contributed by atoms with Crippen molar-refractivity contribution in [3.8, 4) is 17.3 Å². The van der Waals surface area contributed by atoms with Gasteiger partial charge in [-0.3, -0.25) is 18.7 Å². The minimum absolute atomic E-state index is 0.0937. The lowest BCUT2D eigenvalue weighted by molar-refractivity contribution is -0.141. The van der Waals surface area contributed by atoms with Crippen LogP contribution >= 0.6 is 11.6 Å². The van der Waals surface area contributed by atoms with Gasteiger partial charge in [-0.25, -0.2) is 9.97 Å². The minimum Gasteiger partial charge on any atom is -0.353 e. The molecule has 0 atom stereocenters. The lowest BCUT2D eigenvalue weighted by Gasteiger charge is -2.12. The van der Waals surface area contributed by atoms with E-state index in [9.17, 15) is 22.8 Å². The molecule has 0 saturated heterocycles. The maximum absolute atomic E-state index is 13.7. The van der Waals surface area contributed by atoms with E-state index in [-0.39, 0.29) is 52.3 Å². The molecule has 0 aliphatic heterocycles. The van der Waals surface area contributed by atoms with E-state index >= 15 is 0 Å². The maximum atomic E-state index is 13.7. The second kappa shape index (κ2) is 12.2. The third-order valence-corrected chi connectivity index (χ3v) is 6.05. The number of benzene rings is 1. The van der Waals surface area contributed by atoms with Crippen molar-refractivity contribution in [3.63, 3.8) is 0 Å². The number of hydrogen-bond acceptors (Lipinski definition) is 8. The van der Waals surface area contributed by atoms with Crippen LogP contribution in [0.1, 0.15) is 16.1 Å². The number of carbonyl (C=O) groups is 2. The second-order valence-electron chi connectivity index (χ2n) is 9.01. The first-order valence-electron chi connectivity index (χ1n) is 12.1. The summed E-state index contributed by atoms with van der Waals surface area (Å²) in [6, 6.07) is 6.25. The van der Waals surface area contributed by atoms with Crippen molar-refractivity contribution in [2.24, 2.45) is 0 Å². The zero-order chi connectivity index (χ0) is 29.7. The number of halogens is 4. The van der Waals surface area contributed by atoms with Gasteiger partial charge in [0.25, 0.3) is 5.91 Å². The van der Waals surface area contributed by atoms with Gasteiger partial charge in [-0.15, -0.1) is 0 Å². The molecule has 0 aliphatic rings. The van der Waals surface area contributed by atoms with Gasteiger partial charge in [0.1, 0.15) is 6.54 Å². The molecule has 3 N–H and O–H groups in total. The number of nitrogens with zero attached hydrogens (tertiary/aromatic N) is 7. The fraction of sp³-hybridized carbons (Fsp3) is 0.280. The molecular weight excluding hydrogens is 565 g/mol. The van der Waals surface area contributed by atoms with E-state index in [1.54, 1.807) is 12.1 Å². The number of hydrogen-bond donors (Lipinski definition) is 3. The first kappa shape index (κ1) is 29.3. The van der Waals surface area contributed by atoms with Gasteiger partial charge in [0.05, 0.1) is 40.7 Å². The molecular formula is C25H24ClF3N10O2. The molecule has 3 heterocycles. The summed E-state index contributed by atoms with van der Waals surface area (Å²) >= 11 is 6.33. The highest BCUT2D eigenvalue weighted by Crippen LogP contribution is 2.37. The number of imidazole rings is 1. The SMILES string of the molecule is CN(C)CCNC(=O)CNC(=O)c1ccc(Nc2nccn3c(-c4cn(CC#N)nc4C(F)(F)F)cnc23)cc1Cl. The molecule has 12 nitrogen and oxygen atoms in total. The van der Waals surface area contributed by atoms with Gasteiger partial charge in [-0.1, -0.05) is 11.6 Å². The molecule has 0 aliphatic carbocycles. The molecule has 214 valence electrons. The van der Waals surface area contributed by atoms with Crippen molar-refractivity contribution in [2.45, 2.75) is 12.7 Å². The molecule has 0 saturated carbocycles. The van der Waals surface area contributed by atoms with E-state index in [0.717, 1.165) is 10.9 Å². The summed E-state index contributed by atoms with van der Waals surface area (Å²) < 4.78 is 43.3. The van der Waals surface area contributed by atoms with E-state index in [1.807, 2.05) is 19.0 Å². The van der Waals surface area contributed by atoms with Crippen LogP contribution in [0.3, 0.4) is 0 Å². The van der Waals surface area contributed by atoms with Gasteiger partial charge >= 0.3 is 6.18 Å². The predicted octanol–water partition coefficient (Wildman–Crippen LogP) is 2.94. The van der Waals surface area contributed by atoms with Crippen molar-refractivity contribution < 1.29 is 22.8 Å².